The van der Waals surface area contributed by atoms with Crippen LogP contribution < -0.4 is 14.8 Å². The summed E-state index contributed by atoms with van der Waals surface area (Å²) in [6.45, 7) is 7.55. The molecule has 0 saturated heterocycles. The van der Waals surface area contributed by atoms with Crippen LogP contribution in [0.4, 0.5) is 5.69 Å². The maximum Gasteiger partial charge on any atom is 0.278 e. The highest BCUT2D eigenvalue weighted by molar-refractivity contribution is 6.37. The Morgan fingerprint density at radius 3 is 2.14 bits per heavy atom. The van der Waals surface area contributed by atoms with Gasteiger partial charge in [-0.1, -0.05) is 18.2 Å². The van der Waals surface area contributed by atoms with E-state index in [2.05, 4.69) is 5.32 Å². The van der Waals surface area contributed by atoms with Gasteiger partial charge in [0.25, 0.3) is 11.8 Å². The molecule has 2 aromatic carbocycles. The zero-order valence-electron chi connectivity index (χ0n) is 17.4. The van der Waals surface area contributed by atoms with Crippen molar-refractivity contribution in [3.8, 4) is 11.5 Å². The lowest BCUT2D eigenvalue weighted by Gasteiger charge is -2.19. The third-order valence-electron chi connectivity index (χ3n) is 4.50. The Balaban J connectivity index is 2.04. The third-order valence-corrected chi connectivity index (χ3v) is 4.50. The second-order valence-corrected chi connectivity index (χ2v) is 7.34. The van der Waals surface area contributed by atoms with Crippen LogP contribution in [0.5, 0.6) is 11.5 Å². The number of benzene rings is 2. The minimum atomic E-state index is -0.353. The molecule has 1 N–H and O–H groups in total. The van der Waals surface area contributed by atoms with Gasteiger partial charge < -0.3 is 14.8 Å². The summed E-state index contributed by atoms with van der Waals surface area (Å²) in [5.41, 5.74) is 1.82. The summed E-state index contributed by atoms with van der Waals surface area (Å²) in [5, 5.41) is 3.14. The topological polar surface area (TPSA) is 67.9 Å². The smallest absolute Gasteiger partial charge is 0.278 e. The summed E-state index contributed by atoms with van der Waals surface area (Å²) in [6, 6.07) is 14.2. The van der Waals surface area contributed by atoms with Gasteiger partial charge in [-0.25, -0.2) is 0 Å². The average molecular weight is 394 g/mol. The lowest BCUT2D eigenvalue weighted by atomic mass is 10.0. The number of imide groups is 1. The number of anilines is 1. The molecule has 1 aliphatic heterocycles. The first-order valence-electron chi connectivity index (χ1n) is 9.62. The van der Waals surface area contributed by atoms with E-state index in [0.29, 0.717) is 22.6 Å². The zero-order valence-corrected chi connectivity index (χ0v) is 17.4. The molecule has 2 amide bonds. The van der Waals surface area contributed by atoms with Crippen LogP contribution in [0.1, 0.15) is 33.3 Å². The van der Waals surface area contributed by atoms with E-state index in [1.54, 1.807) is 19.2 Å². The molecule has 0 fully saturated rings. The summed E-state index contributed by atoms with van der Waals surface area (Å²) >= 11 is 0. The SMILES string of the molecule is COc1ccccc1C1=C(Nc2ccc(OC(C)C)cc2)C(=O)N(C(C)C)C1=O. The Morgan fingerprint density at radius 2 is 1.55 bits per heavy atom. The Bertz CT molecular complexity index is 946. The number of nitrogens with zero attached hydrogens (tertiary/aromatic N) is 1. The van der Waals surface area contributed by atoms with Crippen LogP contribution in [-0.2, 0) is 9.59 Å². The van der Waals surface area contributed by atoms with Crippen molar-refractivity contribution in [1.29, 1.82) is 0 Å². The van der Waals surface area contributed by atoms with Crippen LogP contribution >= 0.6 is 0 Å². The first-order chi connectivity index (χ1) is 13.8. The van der Waals surface area contributed by atoms with E-state index in [0.717, 1.165) is 5.75 Å². The quantitative estimate of drug-likeness (QED) is 0.717. The molecule has 0 unspecified atom stereocenters. The van der Waals surface area contributed by atoms with Crippen LogP contribution in [0, 0.1) is 0 Å². The van der Waals surface area contributed by atoms with Crippen molar-refractivity contribution in [2.75, 3.05) is 12.4 Å². The number of rotatable bonds is 7. The molecule has 0 aromatic heterocycles. The highest BCUT2D eigenvalue weighted by Gasteiger charge is 2.41. The normalized spacial score (nSPS) is 14.2. The van der Waals surface area contributed by atoms with Crippen molar-refractivity contribution < 1.29 is 19.1 Å². The van der Waals surface area contributed by atoms with Gasteiger partial charge in [-0.3, -0.25) is 14.5 Å². The maximum atomic E-state index is 13.1. The molecule has 0 spiro atoms. The molecule has 0 bridgehead atoms. The fourth-order valence-corrected chi connectivity index (χ4v) is 3.27. The van der Waals surface area contributed by atoms with E-state index < -0.39 is 0 Å². The molecule has 1 aliphatic rings. The van der Waals surface area contributed by atoms with E-state index in [-0.39, 0.29) is 29.7 Å². The number of ether oxygens (including phenoxy) is 2. The number of nitrogens with one attached hydrogen (secondary N) is 1. The highest BCUT2D eigenvalue weighted by atomic mass is 16.5. The Hall–Kier alpha value is -3.28. The summed E-state index contributed by atoms with van der Waals surface area (Å²) in [5.74, 6) is 0.585. The van der Waals surface area contributed by atoms with E-state index >= 15 is 0 Å². The summed E-state index contributed by atoms with van der Waals surface area (Å²) in [4.78, 5) is 27.5. The van der Waals surface area contributed by atoms with Crippen molar-refractivity contribution in [1.82, 2.24) is 4.90 Å². The van der Waals surface area contributed by atoms with Gasteiger partial charge in [0, 0.05) is 17.3 Å². The number of amides is 2. The van der Waals surface area contributed by atoms with Crippen molar-refractivity contribution in [2.24, 2.45) is 0 Å². The zero-order chi connectivity index (χ0) is 21.1. The number of hydrogen-bond acceptors (Lipinski definition) is 5. The number of hydrogen-bond donors (Lipinski definition) is 1. The number of carbonyl (C=O) groups is 2. The van der Waals surface area contributed by atoms with Gasteiger partial charge >= 0.3 is 0 Å². The van der Waals surface area contributed by atoms with Gasteiger partial charge in [0.1, 0.15) is 17.2 Å². The predicted molar refractivity (Wildman–Crippen MR) is 113 cm³/mol. The molecule has 0 saturated carbocycles. The fourth-order valence-electron chi connectivity index (χ4n) is 3.27. The van der Waals surface area contributed by atoms with Crippen molar-refractivity contribution in [2.45, 2.75) is 39.8 Å². The predicted octanol–water partition coefficient (Wildman–Crippen LogP) is 4.08. The van der Waals surface area contributed by atoms with Gasteiger partial charge in [-0.05, 0) is 58.0 Å². The molecule has 0 radical (unpaired) electrons. The molecule has 0 aliphatic carbocycles. The largest absolute Gasteiger partial charge is 0.496 e. The summed E-state index contributed by atoms with van der Waals surface area (Å²) in [7, 11) is 1.54. The van der Waals surface area contributed by atoms with Crippen molar-refractivity contribution in [3.05, 3.63) is 59.8 Å². The molecule has 1 heterocycles. The first-order valence-corrected chi connectivity index (χ1v) is 9.62. The van der Waals surface area contributed by atoms with Crippen LogP contribution in [0.25, 0.3) is 5.57 Å². The lowest BCUT2D eigenvalue weighted by molar-refractivity contribution is -0.138. The molecule has 2 aromatic rings. The Morgan fingerprint density at radius 1 is 0.897 bits per heavy atom. The minimum absolute atomic E-state index is 0.0716. The lowest BCUT2D eigenvalue weighted by Crippen LogP contribution is -2.38. The summed E-state index contributed by atoms with van der Waals surface area (Å²) < 4.78 is 11.1. The minimum Gasteiger partial charge on any atom is -0.496 e. The molecular weight excluding hydrogens is 368 g/mol. The Labute approximate surface area is 171 Å². The second-order valence-electron chi connectivity index (χ2n) is 7.34. The number of methoxy groups -OCH3 is 1. The molecule has 6 heteroatoms. The third kappa shape index (κ3) is 4.11. The summed E-state index contributed by atoms with van der Waals surface area (Å²) in [6.07, 6.45) is 0.0716. The van der Waals surface area contributed by atoms with Crippen LogP contribution in [-0.4, -0.2) is 36.0 Å². The standard InChI is InChI=1S/C23H26N2O4/c1-14(2)25-22(26)20(18-8-6-7-9-19(18)28-5)21(23(25)27)24-16-10-12-17(13-11-16)29-15(3)4/h6-15,24H,1-5H3. The molecule has 29 heavy (non-hydrogen) atoms. The molecule has 3 rings (SSSR count). The van der Waals surface area contributed by atoms with Gasteiger partial charge in [0.15, 0.2) is 0 Å². The Kier molecular flexibility index (Phi) is 5.92. The molecule has 0 atom stereocenters. The molecule has 152 valence electrons. The fraction of sp³-hybridized carbons (Fsp3) is 0.304. The van der Waals surface area contributed by atoms with Crippen LogP contribution in [0.15, 0.2) is 54.2 Å². The first kappa shape index (κ1) is 20.5. The van der Waals surface area contributed by atoms with E-state index in [1.807, 2.05) is 64.1 Å². The molecule has 6 nitrogen and oxygen atoms in total. The van der Waals surface area contributed by atoms with Gasteiger partial charge in [0.05, 0.1) is 18.8 Å². The van der Waals surface area contributed by atoms with E-state index in [4.69, 9.17) is 9.47 Å². The average Bonchev–Trinajstić information content (AvgIpc) is 2.92. The van der Waals surface area contributed by atoms with Crippen LogP contribution in [0.3, 0.4) is 0 Å². The van der Waals surface area contributed by atoms with Crippen molar-refractivity contribution >= 4 is 23.1 Å². The van der Waals surface area contributed by atoms with Gasteiger partial charge in [-0.2, -0.15) is 0 Å². The second kappa shape index (κ2) is 8.39. The van der Waals surface area contributed by atoms with Crippen LogP contribution in [0.2, 0.25) is 0 Å². The monoisotopic (exact) mass is 394 g/mol. The number of para-hydroxylation sites is 1. The molecular formula is C23H26N2O4. The van der Waals surface area contributed by atoms with Gasteiger partial charge in [0.2, 0.25) is 0 Å². The van der Waals surface area contributed by atoms with Gasteiger partial charge in [-0.15, -0.1) is 0 Å². The maximum absolute atomic E-state index is 13.1. The number of carbonyl (C=O) groups excluding carboxylic acids is 2. The van der Waals surface area contributed by atoms with E-state index in [1.165, 1.54) is 4.90 Å². The highest BCUT2D eigenvalue weighted by Crippen LogP contribution is 2.36. The van der Waals surface area contributed by atoms with E-state index in [9.17, 15) is 9.59 Å². The van der Waals surface area contributed by atoms with Crippen molar-refractivity contribution in [3.63, 3.8) is 0 Å².